The predicted octanol–water partition coefficient (Wildman–Crippen LogP) is 0.945. The van der Waals surface area contributed by atoms with Crippen molar-refractivity contribution < 1.29 is 24.5 Å². The molecule has 0 aliphatic heterocycles. The summed E-state index contributed by atoms with van der Waals surface area (Å²) < 4.78 is 5.00. The third-order valence-corrected chi connectivity index (χ3v) is 2.32. The Morgan fingerprint density at radius 2 is 2.06 bits per heavy atom. The highest BCUT2D eigenvalue weighted by Crippen LogP contribution is 2.29. The monoisotopic (exact) mass is 238 g/mol. The Balaban J connectivity index is 3.29. The van der Waals surface area contributed by atoms with Crippen LogP contribution in [0.3, 0.4) is 0 Å². The number of aliphatic carboxylic acids is 1. The summed E-state index contributed by atoms with van der Waals surface area (Å²) in [5, 5.41) is 18.4. The molecule has 0 aliphatic rings. The van der Waals surface area contributed by atoms with Gasteiger partial charge in [0.1, 0.15) is 11.5 Å². The van der Waals surface area contributed by atoms with E-state index in [4.69, 9.17) is 9.84 Å². The van der Waals surface area contributed by atoms with Gasteiger partial charge in [0.15, 0.2) is 6.10 Å². The molecule has 1 unspecified atom stereocenters. The van der Waals surface area contributed by atoms with Gasteiger partial charge in [-0.3, -0.25) is 4.79 Å². The van der Waals surface area contributed by atoms with Crippen LogP contribution in [0.2, 0.25) is 0 Å². The van der Waals surface area contributed by atoms with Crippen LogP contribution in [-0.2, 0) is 16.0 Å². The molecule has 1 aromatic carbocycles. The summed E-state index contributed by atoms with van der Waals surface area (Å²) >= 11 is 0. The van der Waals surface area contributed by atoms with Gasteiger partial charge in [0.05, 0.1) is 7.11 Å². The van der Waals surface area contributed by atoms with Crippen LogP contribution in [0.1, 0.15) is 24.2 Å². The van der Waals surface area contributed by atoms with E-state index < -0.39 is 12.1 Å². The van der Waals surface area contributed by atoms with E-state index in [0.29, 0.717) is 5.56 Å². The number of carbonyl (C=O) groups is 2. The third-order valence-electron chi connectivity index (χ3n) is 2.32. The molecule has 1 rings (SSSR count). The summed E-state index contributed by atoms with van der Waals surface area (Å²) in [6.45, 7) is 1.40. The Hall–Kier alpha value is -1.88. The zero-order valence-electron chi connectivity index (χ0n) is 9.64. The van der Waals surface area contributed by atoms with Gasteiger partial charge >= 0.3 is 5.97 Å². The highest BCUT2D eigenvalue weighted by Gasteiger charge is 2.24. The second-order valence-corrected chi connectivity index (χ2v) is 3.65. The molecule has 0 radical (unpaired) electrons. The van der Waals surface area contributed by atoms with E-state index in [1.807, 2.05) is 0 Å². The van der Waals surface area contributed by atoms with Crippen LogP contribution in [0.15, 0.2) is 18.2 Å². The summed E-state index contributed by atoms with van der Waals surface area (Å²) in [4.78, 5) is 21.9. The first kappa shape index (κ1) is 13.2. The van der Waals surface area contributed by atoms with E-state index in [1.165, 1.54) is 14.0 Å². The summed E-state index contributed by atoms with van der Waals surface area (Å²) in [7, 11) is 1.38. The van der Waals surface area contributed by atoms with Crippen LogP contribution < -0.4 is 4.74 Å². The van der Waals surface area contributed by atoms with E-state index in [-0.39, 0.29) is 23.5 Å². The molecule has 2 N–H and O–H groups in total. The number of hydrogen-bond donors (Lipinski definition) is 2. The van der Waals surface area contributed by atoms with Crippen LogP contribution >= 0.6 is 0 Å². The number of methoxy groups -OCH3 is 1. The van der Waals surface area contributed by atoms with Gasteiger partial charge in [-0.05, 0) is 18.6 Å². The lowest BCUT2D eigenvalue weighted by Crippen LogP contribution is -2.15. The number of benzene rings is 1. The van der Waals surface area contributed by atoms with Gasteiger partial charge in [-0.1, -0.05) is 12.1 Å². The molecular formula is C12H14O5. The van der Waals surface area contributed by atoms with E-state index in [1.54, 1.807) is 18.2 Å². The molecule has 0 heterocycles. The van der Waals surface area contributed by atoms with Crippen molar-refractivity contribution in [1.82, 2.24) is 0 Å². The molecule has 0 aliphatic carbocycles. The van der Waals surface area contributed by atoms with Crippen molar-refractivity contribution in [3.8, 4) is 5.75 Å². The number of carboxylic acids is 1. The highest BCUT2D eigenvalue weighted by atomic mass is 16.5. The molecule has 0 fully saturated rings. The van der Waals surface area contributed by atoms with Crippen molar-refractivity contribution in [1.29, 1.82) is 0 Å². The molecule has 5 nitrogen and oxygen atoms in total. The predicted molar refractivity (Wildman–Crippen MR) is 60.0 cm³/mol. The Bertz CT molecular complexity index is 439. The molecule has 0 spiro atoms. The van der Waals surface area contributed by atoms with Crippen molar-refractivity contribution >= 4 is 11.8 Å². The molecule has 0 aromatic heterocycles. The third kappa shape index (κ3) is 3.04. The van der Waals surface area contributed by atoms with Gasteiger partial charge in [-0.15, -0.1) is 0 Å². The second-order valence-electron chi connectivity index (χ2n) is 3.65. The molecular weight excluding hydrogens is 224 g/mol. The first-order valence-corrected chi connectivity index (χ1v) is 5.03. The SMILES string of the molecule is COc1cccc(CC(C)=O)c1C(O)C(=O)O. The lowest BCUT2D eigenvalue weighted by molar-refractivity contribution is -0.147. The summed E-state index contributed by atoms with van der Waals surface area (Å²) in [6.07, 6.45) is -1.63. The Morgan fingerprint density at radius 3 is 2.53 bits per heavy atom. The van der Waals surface area contributed by atoms with Crippen LogP contribution in [0.5, 0.6) is 5.75 Å². The van der Waals surface area contributed by atoms with Gasteiger partial charge < -0.3 is 14.9 Å². The van der Waals surface area contributed by atoms with Crippen molar-refractivity contribution in [2.75, 3.05) is 7.11 Å². The molecule has 0 amide bonds. The molecule has 0 saturated carbocycles. The fourth-order valence-electron chi connectivity index (χ4n) is 1.62. The Morgan fingerprint density at radius 1 is 1.41 bits per heavy atom. The number of ketones is 1. The lowest BCUT2D eigenvalue weighted by Gasteiger charge is -2.15. The zero-order chi connectivity index (χ0) is 13.0. The Kier molecular flexibility index (Phi) is 4.23. The zero-order valence-corrected chi connectivity index (χ0v) is 9.64. The minimum Gasteiger partial charge on any atom is -0.496 e. The first-order chi connectivity index (χ1) is 7.97. The number of ether oxygens (including phenoxy) is 1. The van der Waals surface area contributed by atoms with Crippen molar-refractivity contribution in [3.63, 3.8) is 0 Å². The smallest absolute Gasteiger partial charge is 0.337 e. The molecule has 0 bridgehead atoms. The van der Waals surface area contributed by atoms with E-state index >= 15 is 0 Å². The number of Topliss-reactive ketones (excluding diaryl/α,β-unsaturated/α-hetero) is 1. The number of aliphatic hydroxyl groups excluding tert-OH is 1. The Labute approximate surface area is 98.6 Å². The fraction of sp³-hybridized carbons (Fsp3) is 0.333. The average molecular weight is 238 g/mol. The van der Waals surface area contributed by atoms with Crippen molar-refractivity contribution in [3.05, 3.63) is 29.3 Å². The number of carboxylic acid groups (broad SMARTS) is 1. The van der Waals surface area contributed by atoms with Crippen LogP contribution in [0.4, 0.5) is 0 Å². The second kappa shape index (κ2) is 5.45. The van der Waals surface area contributed by atoms with E-state index in [2.05, 4.69) is 0 Å². The molecule has 0 saturated heterocycles. The summed E-state index contributed by atoms with van der Waals surface area (Å²) in [6, 6.07) is 4.80. The largest absolute Gasteiger partial charge is 0.496 e. The van der Waals surface area contributed by atoms with Gasteiger partial charge in [-0.2, -0.15) is 0 Å². The van der Waals surface area contributed by atoms with E-state index in [0.717, 1.165) is 0 Å². The normalized spacial score (nSPS) is 11.9. The average Bonchev–Trinajstić information content (AvgIpc) is 2.26. The fourth-order valence-corrected chi connectivity index (χ4v) is 1.62. The van der Waals surface area contributed by atoms with Crippen LogP contribution in [0, 0.1) is 0 Å². The van der Waals surface area contributed by atoms with Crippen molar-refractivity contribution in [2.45, 2.75) is 19.4 Å². The van der Waals surface area contributed by atoms with Crippen LogP contribution in [0.25, 0.3) is 0 Å². The maximum atomic E-state index is 11.1. The van der Waals surface area contributed by atoms with Gasteiger partial charge in [0.2, 0.25) is 0 Å². The standard InChI is InChI=1S/C12H14O5/c1-7(13)6-8-4-3-5-9(17-2)10(8)11(14)12(15)16/h3-5,11,14H,6H2,1-2H3,(H,15,16). The molecule has 1 atom stereocenters. The van der Waals surface area contributed by atoms with Gasteiger partial charge in [0, 0.05) is 12.0 Å². The minimum atomic E-state index is -1.69. The van der Waals surface area contributed by atoms with E-state index in [9.17, 15) is 14.7 Å². The van der Waals surface area contributed by atoms with Crippen molar-refractivity contribution in [2.24, 2.45) is 0 Å². The van der Waals surface area contributed by atoms with Gasteiger partial charge in [0.25, 0.3) is 0 Å². The highest BCUT2D eigenvalue weighted by molar-refractivity contribution is 5.81. The molecule has 5 heteroatoms. The van der Waals surface area contributed by atoms with Crippen LogP contribution in [-0.4, -0.2) is 29.1 Å². The molecule has 1 aromatic rings. The number of carbonyl (C=O) groups excluding carboxylic acids is 1. The van der Waals surface area contributed by atoms with Gasteiger partial charge in [-0.25, -0.2) is 4.79 Å². The first-order valence-electron chi connectivity index (χ1n) is 5.03. The minimum absolute atomic E-state index is 0.0663. The molecule has 92 valence electrons. The number of aliphatic hydroxyl groups is 1. The molecule has 17 heavy (non-hydrogen) atoms. The maximum absolute atomic E-state index is 11.1. The number of hydrogen-bond acceptors (Lipinski definition) is 4. The lowest BCUT2D eigenvalue weighted by atomic mass is 9.97. The summed E-state index contributed by atoms with van der Waals surface area (Å²) in [5.74, 6) is -1.23. The summed E-state index contributed by atoms with van der Waals surface area (Å²) in [5.41, 5.74) is 0.601. The maximum Gasteiger partial charge on any atom is 0.337 e. The topological polar surface area (TPSA) is 83.8 Å². The number of rotatable bonds is 5. The quantitative estimate of drug-likeness (QED) is 0.797.